The summed E-state index contributed by atoms with van der Waals surface area (Å²) in [4.78, 5) is 32.9. The van der Waals surface area contributed by atoms with E-state index in [2.05, 4.69) is 14.8 Å². The van der Waals surface area contributed by atoms with Crippen molar-refractivity contribution in [2.45, 2.75) is 39.2 Å². The molecule has 0 radical (unpaired) electrons. The zero-order valence-electron chi connectivity index (χ0n) is 18.1. The van der Waals surface area contributed by atoms with Crippen LogP contribution in [0.15, 0.2) is 27.4 Å². The molecule has 0 aliphatic carbocycles. The van der Waals surface area contributed by atoms with Crippen molar-refractivity contribution >= 4 is 22.9 Å². The number of aromatic amines is 1. The van der Waals surface area contributed by atoms with Gasteiger partial charge in [0.05, 0.1) is 5.52 Å². The molecule has 2 aliphatic heterocycles. The predicted molar refractivity (Wildman–Crippen MR) is 116 cm³/mol. The molecule has 2 aliphatic rings. The van der Waals surface area contributed by atoms with Gasteiger partial charge in [0, 0.05) is 57.6 Å². The van der Waals surface area contributed by atoms with Crippen molar-refractivity contribution in [3.05, 3.63) is 28.7 Å². The quantitative estimate of drug-likeness (QED) is 0.829. The van der Waals surface area contributed by atoms with E-state index < -0.39 is 11.4 Å². The molecule has 0 spiro atoms. The molecule has 1 amide bonds. The molecule has 2 saturated heterocycles. The first-order valence-electron chi connectivity index (χ1n) is 10.8. The van der Waals surface area contributed by atoms with Gasteiger partial charge in [0.2, 0.25) is 0 Å². The smallest absolute Gasteiger partial charge is 0.417 e. The maximum Gasteiger partial charge on any atom is 0.417 e. The topological polar surface area (TPSA) is 82.0 Å². The van der Waals surface area contributed by atoms with Crippen molar-refractivity contribution in [1.82, 2.24) is 14.8 Å². The number of hydrogen-bond donors (Lipinski definition) is 1. The number of aromatic nitrogens is 1. The summed E-state index contributed by atoms with van der Waals surface area (Å²) in [5.41, 5.74) is 2.01. The maximum atomic E-state index is 12.2. The van der Waals surface area contributed by atoms with Crippen LogP contribution in [-0.2, 0) is 4.74 Å². The molecule has 0 bridgehead atoms. The monoisotopic (exact) mass is 416 g/mol. The van der Waals surface area contributed by atoms with Gasteiger partial charge >= 0.3 is 11.8 Å². The Morgan fingerprint density at radius 2 is 1.83 bits per heavy atom. The minimum Gasteiger partial charge on any atom is -0.444 e. The summed E-state index contributed by atoms with van der Waals surface area (Å²) in [6, 6.07) is 5.90. The third-order valence-electron chi connectivity index (χ3n) is 5.92. The van der Waals surface area contributed by atoms with Gasteiger partial charge in [-0.3, -0.25) is 9.88 Å². The minimum atomic E-state index is -0.445. The number of oxazole rings is 1. The number of fused-ring (bicyclic) bond motifs is 1. The third kappa shape index (κ3) is 4.98. The second-order valence-electron chi connectivity index (χ2n) is 9.39. The molecule has 30 heavy (non-hydrogen) atoms. The van der Waals surface area contributed by atoms with E-state index in [1.165, 1.54) is 0 Å². The van der Waals surface area contributed by atoms with Crippen molar-refractivity contribution in [2.75, 3.05) is 50.7 Å². The number of piperidine rings is 1. The third-order valence-corrected chi connectivity index (χ3v) is 5.92. The fraction of sp³-hybridized carbons (Fsp3) is 0.636. The van der Waals surface area contributed by atoms with Crippen molar-refractivity contribution in [3.8, 4) is 0 Å². The average Bonchev–Trinajstić information content (AvgIpc) is 3.07. The number of carbonyl (C=O) groups is 1. The minimum absolute atomic E-state index is 0.203. The number of H-pyrrole nitrogens is 1. The van der Waals surface area contributed by atoms with Crippen molar-refractivity contribution < 1.29 is 13.9 Å². The van der Waals surface area contributed by atoms with E-state index in [1.807, 2.05) is 43.9 Å². The Labute approximate surface area is 176 Å². The number of piperazine rings is 1. The van der Waals surface area contributed by atoms with Crippen LogP contribution in [0.3, 0.4) is 0 Å². The molecule has 1 aromatic carbocycles. The van der Waals surface area contributed by atoms with Crippen LogP contribution in [0.2, 0.25) is 0 Å². The lowest BCUT2D eigenvalue weighted by Crippen LogP contribution is -2.51. The number of benzene rings is 1. The van der Waals surface area contributed by atoms with Gasteiger partial charge in [-0.25, -0.2) is 9.59 Å². The molecule has 4 rings (SSSR count). The number of anilines is 1. The molecule has 3 heterocycles. The van der Waals surface area contributed by atoms with Crippen LogP contribution in [0, 0.1) is 5.92 Å². The van der Waals surface area contributed by atoms with Crippen molar-refractivity contribution in [3.63, 3.8) is 0 Å². The summed E-state index contributed by atoms with van der Waals surface area (Å²) in [5, 5.41) is 0. The second kappa shape index (κ2) is 8.34. The summed E-state index contributed by atoms with van der Waals surface area (Å²) in [5.74, 6) is 0.260. The second-order valence-corrected chi connectivity index (χ2v) is 9.39. The Morgan fingerprint density at radius 3 is 2.50 bits per heavy atom. The van der Waals surface area contributed by atoms with Crippen LogP contribution < -0.4 is 10.7 Å². The van der Waals surface area contributed by atoms with E-state index >= 15 is 0 Å². The van der Waals surface area contributed by atoms with E-state index in [1.54, 1.807) is 0 Å². The summed E-state index contributed by atoms with van der Waals surface area (Å²) in [6.07, 6.45) is 2.08. The SMILES string of the molecule is CC(C)(C)OC(=O)N1CCN(CC2CCN(c3ccc4[nH]c(=O)oc4c3)CC2)CC1. The van der Waals surface area contributed by atoms with Gasteiger partial charge in [-0.2, -0.15) is 0 Å². The van der Waals surface area contributed by atoms with Gasteiger partial charge < -0.3 is 19.0 Å². The number of amides is 1. The summed E-state index contributed by atoms with van der Waals surface area (Å²) in [7, 11) is 0. The van der Waals surface area contributed by atoms with E-state index in [4.69, 9.17) is 9.15 Å². The predicted octanol–water partition coefficient (Wildman–Crippen LogP) is 2.89. The molecule has 0 atom stereocenters. The van der Waals surface area contributed by atoms with E-state index in [9.17, 15) is 9.59 Å². The van der Waals surface area contributed by atoms with Gasteiger partial charge in [-0.1, -0.05) is 0 Å². The number of hydrogen-bond acceptors (Lipinski definition) is 6. The molecule has 1 N–H and O–H groups in total. The molecule has 0 unspecified atom stereocenters. The number of nitrogens with one attached hydrogen (secondary N) is 1. The number of nitrogens with zero attached hydrogens (tertiary/aromatic N) is 3. The van der Waals surface area contributed by atoms with Gasteiger partial charge in [-0.15, -0.1) is 0 Å². The zero-order valence-corrected chi connectivity index (χ0v) is 18.1. The van der Waals surface area contributed by atoms with Crippen LogP contribution in [0.4, 0.5) is 10.5 Å². The Morgan fingerprint density at radius 1 is 1.13 bits per heavy atom. The summed E-state index contributed by atoms with van der Waals surface area (Å²) >= 11 is 0. The van der Waals surface area contributed by atoms with Crippen molar-refractivity contribution in [1.29, 1.82) is 0 Å². The zero-order chi connectivity index (χ0) is 21.3. The lowest BCUT2D eigenvalue weighted by molar-refractivity contribution is 0.0130. The number of ether oxygens (including phenoxy) is 1. The van der Waals surface area contributed by atoms with Gasteiger partial charge in [0.25, 0.3) is 0 Å². The molecular weight excluding hydrogens is 384 g/mol. The first-order valence-corrected chi connectivity index (χ1v) is 10.8. The van der Waals surface area contributed by atoms with E-state index in [-0.39, 0.29) is 6.09 Å². The summed E-state index contributed by atoms with van der Waals surface area (Å²) in [6.45, 7) is 12.1. The van der Waals surface area contributed by atoms with E-state index in [0.29, 0.717) is 11.5 Å². The Hall–Kier alpha value is -2.48. The van der Waals surface area contributed by atoms with Crippen LogP contribution >= 0.6 is 0 Å². The largest absolute Gasteiger partial charge is 0.444 e. The first kappa shape index (κ1) is 20.8. The Balaban J connectivity index is 1.23. The lowest BCUT2D eigenvalue weighted by atomic mass is 9.95. The lowest BCUT2D eigenvalue weighted by Gasteiger charge is -2.39. The highest BCUT2D eigenvalue weighted by Gasteiger charge is 2.28. The number of carbonyl (C=O) groups excluding carboxylic acids is 1. The molecule has 164 valence electrons. The standard InChI is InChI=1S/C22H32N4O4/c1-22(2,3)30-21(28)26-12-10-24(11-13-26)15-16-6-8-25(9-7-16)17-4-5-18-19(14-17)29-20(27)23-18/h4-5,14,16H,6-13,15H2,1-3H3,(H,23,27). The highest BCUT2D eigenvalue weighted by molar-refractivity contribution is 5.77. The molecule has 8 nitrogen and oxygen atoms in total. The van der Waals surface area contributed by atoms with Gasteiger partial charge in [0.15, 0.2) is 5.58 Å². The fourth-order valence-electron chi connectivity index (χ4n) is 4.31. The average molecular weight is 417 g/mol. The van der Waals surface area contributed by atoms with Gasteiger partial charge in [-0.05, 0) is 51.7 Å². The Kier molecular flexibility index (Phi) is 5.77. The van der Waals surface area contributed by atoms with Crippen LogP contribution in [0.25, 0.3) is 11.1 Å². The van der Waals surface area contributed by atoms with E-state index in [0.717, 1.165) is 69.9 Å². The first-order chi connectivity index (χ1) is 14.3. The highest BCUT2D eigenvalue weighted by atomic mass is 16.6. The highest BCUT2D eigenvalue weighted by Crippen LogP contribution is 2.26. The summed E-state index contributed by atoms with van der Waals surface area (Å²) < 4.78 is 10.7. The van der Waals surface area contributed by atoms with Crippen molar-refractivity contribution in [2.24, 2.45) is 5.92 Å². The van der Waals surface area contributed by atoms with Gasteiger partial charge in [0.1, 0.15) is 5.60 Å². The molecule has 0 saturated carbocycles. The fourth-order valence-corrected chi connectivity index (χ4v) is 4.31. The van der Waals surface area contributed by atoms with Crippen LogP contribution in [0.5, 0.6) is 0 Å². The van der Waals surface area contributed by atoms with Crippen LogP contribution in [-0.4, -0.2) is 72.3 Å². The number of rotatable bonds is 3. The Bertz CT molecular complexity index is 928. The molecule has 1 aromatic heterocycles. The molecular formula is C22H32N4O4. The molecule has 8 heteroatoms. The maximum absolute atomic E-state index is 12.2. The van der Waals surface area contributed by atoms with Crippen LogP contribution in [0.1, 0.15) is 33.6 Å². The molecule has 2 fully saturated rings. The normalized spacial score (nSPS) is 19.4. The molecule has 2 aromatic rings.